The van der Waals surface area contributed by atoms with E-state index in [2.05, 4.69) is 4.83 Å². The molecule has 7 heteroatoms. The van der Waals surface area contributed by atoms with Crippen LogP contribution < -0.4 is 10.6 Å². The van der Waals surface area contributed by atoms with Crippen LogP contribution in [0.1, 0.15) is 0 Å². The molecular weight excluding hydrogens is 194 g/mol. The molecule has 0 saturated carbocycles. The first-order valence-corrected chi connectivity index (χ1v) is 5.82. The van der Waals surface area contributed by atoms with Crippen LogP contribution in [-0.4, -0.2) is 52.0 Å². The molecule has 6 nitrogen and oxygen atoms in total. The third-order valence-corrected chi connectivity index (χ3v) is 2.98. The van der Waals surface area contributed by atoms with Gasteiger partial charge in [0.1, 0.15) is 0 Å². The lowest BCUT2D eigenvalue weighted by atomic mass is 10.5. The third kappa shape index (κ3) is 4.01. The van der Waals surface area contributed by atoms with Crippen molar-refractivity contribution in [2.75, 3.05) is 38.6 Å². The zero-order valence-corrected chi connectivity index (χ0v) is 8.22. The second-order valence-corrected chi connectivity index (χ2v) is 4.62. The molecule has 3 N–H and O–H groups in total. The van der Waals surface area contributed by atoms with Crippen molar-refractivity contribution in [3.63, 3.8) is 0 Å². The van der Waals surface area contributed by atoms with Gasteiger partial charge in [-0.2, -0.15) is 0 Å². The molecule has 1 aliphatic rings. The number of nitrogens with two attached hydrogens (primary N) is 1. The Kier molecular flexibility index (Phi) is 4.07. The van der Waals surface area contributed by atoms with Crippen LogP contribution in [0.2, 0.25) is 0 Å². The summed E-state index contributed by atoms with van der Waals surface area (Å²) in [6.45, 7) is 2.43. The van der Waals surface area contributed by atoms with Gasteiger partial charge in [-0.25, -0.2) is 13.4 Å². The fourth-order valence-electron chi connectivity index (χ4n) is 1.05. The largest absolute Gasteiger partial charge is 0.379 e. The Labute approximate surface area is 78.1 Å². The molecule has 0 amide bonds. The first-order chi connectivity index (χ1) is 6.14. The predicted octanol–water partition coefficient (Wildman–Crippen LogP) is -1.89. The molecule has 0 aromatic carbocycles. The molecule has 1 saturated heterocycles. The molecule has 78 valence electrons. The van der Waals surface area contributed by atoms with Gasteiger partial charge in [0.2, 0.25) is 10.0 Å². The minimum atomic E-state index is -3.24. The Hall–Kier alpha value is -0.210. The lowest BCUT2D eigenvalue weighted by Crippen LogP contribution is -2.49. The van der Waals surface area contributed by atoms with E-state index in [0.29, 0.717) is 26.3 Å². The summed E-state index contributed by atoms with van der Waals surface area (Å²) in [6.07, 6.45) is 0. The molecule has 1 fully saturated rings. The van der Waals surface area contributed by atoms with Crippen LogP contribution in [0.5, 0.6) is 0 Å². The summed E-state index contributed by atoms with van der Waals surface area (Å²) >= 11 is 0. The van der Waals surface area contributed by atoms with Crippen molar-refractivity contribution in [2.45, 2.75) is 0 Å². The molecule has 0 aliphatic carbocycles. The van der Waals surface area contributed by atoms with Crippen molar-refractivity contribution >= 4 is 10.0 Å². The maximum absolute atomic E-state index is 11.2. The van der Waals surface area contributed by atoms with Crippen molar-refractivity contribution in [3.8, 4) is 0 Å². The average Bonchev–Trinajstić information content (AvgIpc) is 2.04. The molecule has 0 aromatic heterocycles. The highest BCUT2D eigenvalue weighted by Gasteiger charge is 2.16. The topological polar surface area (TPSA) is 84.7 Å². The highest BCUT2D eigenvalue weighted by molar-refractivity contribution is 7.89. The third-order valence-electron chi connectivity index (χ3n) is 1.67. The second kappa shape index (κ2) is 4.87. The molecule has 1 aliphatic heterocycles. The zero-order chi connectivity index (χ0) is 9.73. The molecule has 1 rings (SSSR count). The minimum absolute atomic E-state index is 0.0373. The maximum atomic E-state index is 11.2. The number of hydrogen-bond donors (Lipinski definition) is 2. The van der Waals surface area contributed by atoms with Crippen LogP contribution in [-0.2, 0) is 14.8 Å². The second-order valence-electron chi connectivity index (χ2n) is 2.80. The van der Waals surface area contributed by atoms with E-state index in [1.807, 2.05) is 0 Å². The van der Waals surface area contributed by atoms with E-state index in [1.54, 1.807) is 5.01 Å². The fraction of sp³-hybridized carbons (Fsp3) is 1.00. The predicted molar refractivity (Wildman–Crippen MR) is 48.4 cm³/mol. The number of hydrogen-bond acceptors (Lipinski definition) is 5. The van der Waals surface area contributed by atoms with E-state index < -0.39 is 10.0 Å². The number of rotatable bonds is 4. The van der Waals surface area contributed by atoms with Crippen LogP contribution in [0.4, 0.5) is 0 Å². The quantitative estimate of drug-likeness (QED) is 0.565. The Bertz CT molecular complexity index is 236. The Morgan fingerprint density at radius 1 is 1.38 bits per heavy atom. The van der Waals surface area contributed by atoms with Crippen molar-refractivity contribution < 1.29 is 13.2 Å². The van der Waals surface area contributed by atoms with Gasteiger partial charge in [0, 0.05) is 19.6 Å². The van der Waals surface area contributed by atoms with Gasteiger partial charge in [-0.15, -0.1) is 4.83 Å². The number of nitrogens with zero attached hydrogens (tertiary/aromatic N) is 1. The van der Waals surface area contributed by atoms with E-state index in [4.69, 9.17) is 10.5 Å². The summed E-state index contributed by atoms with van der Waals surface area (Å²) in [5, 5.41) is 1.63. The SMILES string of the molecule is NCCS(=O)(=O)NN1CCOCC1. The van der Waals surface area contributed by atoms with Crippen LogP contribution in [0.25, 0.3) is 0 Å². The molecular formula is C6H15N3O3S. The number of morpholine rings is 1. The molecule has 0 bridgehead atoms. The standard InChI is InChI=1S/C6H15N3O3S/c7-1-6-13(10,11)8-9-2-4-12-5-3-9/h8H,1-7H2. The van der Waals surface area contributed by atoms with Crippen LogP contribution in [0.3, 0.4) is 0 Å². The first kappa shape index (κ1) is 10.9. The smallest absolute Gasteiger partial charge is 0.225 e. The highest BCUT2D eigenvalue weighted by atomic mass is 32.2. The Morgan fingerprint density at radius 2 is 2.00 bits per heavy atom. The van der Waals surface area contributed by atoms with Gasteiger partial charge in [-0.05, 0) is 0 Å². The summed E-state index contributed by atoms with van der Waals surface area (Å²) < 4.78 is 27.5. The van der Waals surface area contributed by atoms with Gasteiger partial charge in [-0.1, -0.05) is 0 Å². The molecule has 0 aromatic rings. The molecule has 0 atom stereocenters. The summed E-state index contributed by atoms with van der Waals surface area (Å²) in [5.74, 6) is -0.0373. The summed E-state index contributed by atoms with van der Waals surface area (Å²) in [4.78, 5) is 2.44. The summed E-state index contributed by atoms with van der Waals surface area (Å²) in [7, 11) is -3.24. The molecule has 0 radical (unpaired) electrons. The van der Waals surface area contributed by atoms with Gasteiger partial charge in [-0.3, -0.25) is 0 Å². The van der Waals surface area contributed by atoms with Gasteiger partial charge in [0.05, 0.1) is 19.0 Å². The number of sulfonamides is 1. The highest BCUT2D eigenvalue weighted by Crippen LogP contribution is 1.94. The zero-order valence-electron chi connectivity index (χ0n) is 7.40. The van der Waals surface area contributed by atoms with Crippen molar-refractivity contribution in [3.05, 3.63) is 0 Å². The fourth-order valence-corrected chi connectivity index (χ4v) is 2.03. The van der Waals surface area contributed by atoms with E-state index >= 15 is 0 Å². The summed E-state index contributed by atoms with van der Waals surface area (Å²) in [6, 6.07) is 0. The number of nitrogens with one attached hydrogen (secondary N) is 1. The van der Waals surface area contributed by atoms with Crippen LogP contribution >= 0.6 is 0 Å². The van der Waals surface area contributed by atoms with Gasteiger partial charge in [0.25, 0.3) is 0 Å². The molecule has 0 spiro atoms. The monoisotopic (exact) mass is 209 g/mol. The molecule has 1 heterocycles. The lowest BCUT2D eigenvalue weighted by Gasteiger charge is -2.26. The van der Waals surface area contributed by atoms with Crippen molar-refractivity contribution in [2.24, 2.45) is 5.73 Å². The van der Waals surface area contributed by atoms with Gasteiger partial charge in [0.15, 0.2) is 0 Å². The van der Waals surface area contributed by atoms with E-state index in [9.17, 15) is 8.42 Å². The van der Waals surface area contributed by atoms with E-state index in [-0.39, 0.29) is 12.3 Å². The molecule has 0 unspecified atom stereocenters. The maximum Gasteiger partial charge on any atom is 0.225 e. The van der Waals surface area contributed by atoms with E-state index in [1.165, 1.54) is 0 Å². The van der Waals surface area contributed by atoms with E-state index in [0.717, 1.165) is 0 Å². The van der Waals surface area contributed by atoms with Gasteiger partial charge >= 0.3 is 0 Å². The molecule has 13 heavy (non-hydrogen) atoms. The average molecular weight is 209 g/mol. The Morgan fingerprint density at radius 3 is 2.54 bits per heavy atom. The number of hydrazine groups is 1. The van der Waals surface area contributed by atoms with Gasteiger partial charge < -0.3 is 10.5 Å². The van der Waals surface area contributed by atoms with Crippen molar-refractivity contribution in [1.82, 2.24) is 9.84 Å². The Balaban J connectivity index is 2.37. The minimum Gasteiger partial charge on any atom is -0.379 e. The number of ether oxygens (including phenoxy) is 1. The normalized spacial score (nSPS) is 20.4. The first-order valence-electron chi connectivity index (χ1n) is 4.17. The lowest BCUT2D eigenvalue weighted by molar-refractivity contribution is 0.0272. The van der Waals surface area contributed by atoms with Crippen LogP contribution in [0.15, 0.2) is 0 Å². The van der Waals surface area contributed by atoms with Crippen LogP contribution in [0, 0.1) is 0 Å². The summed E-state index contributed by atoms with van der Waals surface area (Å²) in [5.41, 5.74) is 5.16. The van der Waals surface area contributed by atoms with Crippen molar-refractivity contribution in [1.29, 1.82) is 0 Å².